The molecule has 1 heterocycles. The van der Waals surface area contributed by atoms with Gasteiger partial charge in [-0.15, -0.1) is 0 Å². The van der Waals surface area contributed by atoms with Crippen molar-refractivity contribution in [3.63, 3.8) is 0 Å². The van der Waals surface area contributed by atoms with Gasteiger partial charge in [0.25, 0.3) is 0 Å². The van der Waals surface area contributed by atoms with Gasteiger partial charge in [-0.05, 0) is 30.2 Å². The Hall–Kier alpha value is -2.34. The number of para-hydroxylation sites is 1. The van der Waals surface area contributed by atoms with Gasteiger partial charge in [-0.3, -0.25) is 4.79 Å². The monoisotopic (exact) mass is 345 g/mol. The van der Waals surface area contributed by atoms with Gasteiger partial charge in [-0.2, -0.15) is 0 Å². The first-order valence-electron chi connectivity index (χ1n) is 7.85. The number of hydrogen-bond donors (Lipinski definition) is 1. The maximum Gasteiger partial charge on any atom is 0.220 e. The molecule has 0 unspecified atom stereocenters. The highest BCUT2D eigenvalue weighted by Crippen LogP contribution is 2.32. The van der Waals surface area contributed by atoms with Crippen LogP contribution in [0.3, 0.4) is 0 Å². The highest BCUT2D eigenvalue weighted by molar-refractivity contribution is 7.91. The predicted molar refractivity (Wildman–Crippen MR) is 90.5 cm³/mol. The van der Waals surface area contributed by atoms with E-state index < -0.39 is 15.9 Å². The molecule has 24 heavy (non-hydrogen) atoms. The second-order valence-corrected chi connectivity index (χ2v) is 7.71. The lowest BCUT2D eigenvalue weighted by Crippen LogP contribution is -2.29. The van der Waals surface area contributed by atoms with Crippen LogP contribution in [0.25, 0.3) is 0 Å². The maximum atomic E-state index is 12.1. The molecule has 0 saturated heterocycles. The first-order chi connectivity index (χ1) is 11.6. The van der Waals surface area contributed by atoms with Crippen molar-refractivity contribution in [2.24, 2.45) is 0 Å². The number of rotatable bonds is 6. The van der Waals surface area contributed by atoms with Gasteiger partial charge in [-0.25, -0.2) is 8.42 Å². The molecule has 2 aromatic carbocycles. The average molecular weight is 345 g/mol. The SMILES string of the molecule is O=C(CCCOc1ccccc1)N[C@@H]1CS(=O)(=O)c2ccccc21. The van der Waals surface area contributed by atoms with Crippen molar-refractivity contribution < 1.29 is 17.9 Å². The minimum Gasteiger partial charge on any atom is -0.494 e. The summed E-state index contributed by atoms with van der Waals surface area (Å²) in [5.74, 6) is 0.538. The van der Waals surface area contributed by atoms with Gasteiger partial charge < -0.3 is 10.1 Å². The maximum absolute atomic E-state index is 12.1. The van der Waals surface area contributed by atoms with Gasteiger partial charge in [0.15, 0.2) is 9.84 Å². The van der Waals surface area contributed by atoms with Gasteiger partial charge in [0.1, 0.15) is 5.75 Å². The number of amides is 1. The Morgan fingerprint density at radius 2 is 1.79 bits per heavy atom. The molecular formula is C18H19NO4S. The minimum atomic E-state index is -3.30. The summed E-state index contributed by atoms with van der Waals surface area (Å²) >= 11 is 0. The zero-order chi connectivity index (χ0) is 17.0. The Kier molecular flexibility index (Phi) is 4.85. The van der Waals surface area contributed by atoms with Gasteiger partial charge in [0.05, 0.1) is 23.3 Å². The number of nitrogens with one attached hydrogen (secondary N) is 1. The fraction of sp³-hybridized carbons (Fsp3) is 0.278. The van der Waals surface area contributed by atoms with E-state index in [2.05, 4.69) is 5.32 Å². The average Bonchev–Trinajstić information content (AvgIpc) is 2.84. The molecule has 1 aliphatic heterocycles. The predicted octanol–water partition coefficient (Wildman–Crippen LogP) is 2.49. The second kappa shape index (κ2) is 7.05. The quantitative estimate of drug-likeness (QED) is 0.817. The summed E-state index contributed by atoms with van der Waals surface area (Å²) in [7, 11) is -3.30. The third kappa shape index (κ3) is 3.76. The summed E-state index contributed by atoms with van der Waals surface area (Å²) in [4.78, 5) is 12.4. The molecule has 126 valence electrons. The first kappa shape index (κ1) is 16.5. The second-order valence-electron chi connectivity index (χ2n) is 5.70. The van der Waals surface area contributed by atoms with Crippen LogP contribution >= 0.6 is 0 Å². The molecule has 5 nitrogen and oxygen atoms in total. The summed E-state index contributed by atoms with van der Waals surface area (Å²) in [5, 5.41) is 2.82. The molecule has 0 aromatic heterocycles. The molecule has 0 bridgehead atoms. The molecule has 0 saturated carbocycles. The van der Waals surface area contributed by atoms with Crippen LogP contribution in [0, 0.1) is 0 Å². The van der Waals surface area contributed by atoms with Crippen LogP contribution in [-0.2, 0) is 14.6 Å². The molecule has 0 fully saturated rings. The molecule has 0 spiro atoms. The molecule has 6 heteroatoms. The number of carbonyl (C=O) groups excluding carboxylic acids is 1. The van der Waals surface area contributed by atoms with Crippen LogP contribution in [0.1, 0.15) is 24.4 Å². The number of benzene rings is 2. The number of hydrogen-bond acceptors (Lipinski definition) is 4. The summed E-state index contributed by atoms with van der Waals surface area (Å²) in [6.07, 6.45) is 0.868. The minimum absolute atomic E-state index is 0.0708. The van der Waals surface area contributed by atoms with Crippen LogP contribution in [0.15, 0.2) is 59.5 Å². The number of ether oxygens (including phenoxy) is 1. The zero-order valence-electron chi connectivity index (χ0n) is 13.1. The highest BCUT2D eigenvalue weighted by Gasteiger charge is 2.34. The van der Waals surface area contributed by atoms with E-state index in [1.807, 2.05) is 30.3 Å². The van der Waals surface area contributed by atoms with E-state index >= 15 is 0 Å². The van der Waals surface area contributed by atoms with Crippen molar-refractivity contribution in [3.8, 4) is 5.75 Å². The van der Waals surface area contributed by atoms with E-state index in [4.69, 9.17) is 4.74 Å². The summed E-state index contributed by atoms with van der Waals surface area (Å²) < 4.78 is 29.7. The molecule has 1 N–H and O–H groups in total. The van der Waals surface area contributed by atoms with Crippen LogP contribution in [0.4, 0.5) is 0 Å². The Morgan fingerprint density at radius 3 is 2.58 bits per heavy atom. The number of fused-ring (bicyclic) bond motifs is 1. The van der Waals surface area contributed by atoms with Gasteiger partial charge in [-0.1, -0.05) is 36.4 Å². The summed E-state index contributed by atoms with van der Waals surface area (Å²) in [6, 6.07) is 15.8. The lowest BCUT2D eigenvalue weighted by molar-refractivity contribution is -0.121. The van der Waals surface area contributed by atoms with E-state index in [1.54, 1.807) is 24.3 Å². The fourth-order valence-corrected chi connectivity index (χ4v) is 4.51. The standard InChI is InChI=1S/C18H19NO4S/c20-18(11-6-12-23-14-7-2-1-3-8-14)19-16-13-24(21,22)17-10-5-4-9-15(16)17/h1-5,7-10,16H,6,11-13H2,(H,19,20)/t16-/m1/s1. The molecule has 1 atom stereocenters. The molecule has 1 aliphatic rings. The summed E-state index contributed by atoms with van der Waals surface area (Å²) in [6.45, 7) is 0.441. The van der Waals surface area contributed by atoms with E-state index in [0.29, 0.717) is 29.9 Å². The van der Waals surface area contributed by atoms with E-state index in [0.717, 1.165) is 5.75 Å². The van der Waals surface area contributed by atoms with Crippen LogP contribution in [0.2, 0.25) is 0 Å². The fourth-order valence-electron chi connectivity index (χ4n) is 2.78. The molecule has 0 aliphatic carbocycles. The van der Waals surface area contributed by atoms with Crippen molar-refractivity contribution >= 4 is 15.7 Å². The summed E-state index contributed by atoms with van der Waals surface area (Å²) in [5.41, 5.74) is 0.673. The Morgan fingerprint density at radius 1 is 1.08 bits per heavy atom. The van der Waals surface area contributed by atoms with E-state index in [9.17, 15) is 13.2 Å². The lowest BCUT2D eigenvalue weighted by atomic mass is 10.1. The highest BCUT2D eigenvalue weighted by atomic mass is 32.2. The van der Waals surface area contributed by atoms with Crippen molar-refractivity contribution in [1.82, 2.24) is 5.32 Å². The number of sulfone groups is 1. The molecule has 2 aromatic rings. The van der Waals surface area contributed by atoms with Crippen molar-refractivity contribution in [3.05, 3.63) is 60.2 Å². The van der Waals surface area contributed by atoms with Crippen LogP contribution < -0.4 is 10.1 Å². The Labute approximate surface area is 141 Å². The van der Waals surface area contributed by atoms with Crippen LogP contribution in [0.5, 0.6) is 5.75 Å². The smallest absolute Gasteiger partial charge is 0.220 e. The molecule has 3 rings (SSSR count). The zero-order valence-corrected chi connectivity index (χ0v) is 14.0. The molecular weight excluding hydrogens is 326 g/mol. The molecule has 0 radical (unpaired) electrons. The Balaban J connectivity index is 1.49. The normalized spacial score (nSPS) is 17.9. The lowest BCUT2D eigenvalue weighted by Gasteiger charge is -2.13. The van der Waals surface area contributed by atoms with Gasteiger partial charge in [0, 0.05) is 6.42 Å². The van der Waals surface area contributed by atoms with E-state index in [-0.39, 0.29) is 11.7 Å². The van der Waals surface area contributed by atoms with Crippen LogP contribution in [-0.4, -0.2) is 26.7 Å². The van der Waals surface area contributed by atoms with Crippen molar-refractivity contribution in [2.75, 3.05) is 12.4 Å². The topological polar surface area (TPSA) is 72.5 Å². The van der Waals surface area contributed by atoms with Gasteiger partial charge in [0.2, 0.25) is 5.91 Å². The van der Waals surface area contributed by atoms with Crippen molar-refractivity contribution in [1.29, 1.82) is 0 Å². The van der Waals surface area contributed by atoms with Gasteiger partial charge >= 0.3 is 0 Å². The van der Waals surface area contributed by atoms with Crippen molar-refractivity contribution in [2.45, 2.75) is 23.8 Å². The first-order valence-corrected chi connectivity index (χ1v) is 9.50. The third-order valence-electron chi connectivity index (χ3n) is 3.91. The Bertz CT molecular complexity index is 818. The number of carbonyl (C=O) groups is 1. The third-order valence-corrected chi connectivity index (χ3v) is 5.72. The van der Waals surface area contributed by atoms with E-state index in [1.165, 1.54) is 0 Å². The molecule has 1 amide bonds. The largest absolute Gasteiger partial charge is 0.494 e.